The zero-order chi connectivity index (χ0) is 15.7. The molecule has 0 aromatic heterocycles. The number of nitrogens with one attached hydrogen (secondary N) is 2. The van der Waals surface area contributed by atoms with Gasteiger partial charge in [0.1, 0.15) is 5.41 Å². The number of carbonyl (C=O) groups excluding carboxylic acids is 2. The molecule has 4 nitrogen and oxygen atoms in total. The molecule has 0 atom stereocenters. The van der Waals surface area contributed by atoms with E-state index in [4.69, 9.17) is 11.6 Å². The van der Waals surface area contributed by atoms with Crippen LogP contribution in [0.4, 0.5) is 0 Å². The van der Waals surface area contributed by atoms with E-state index in [-0.39, 0.29) is 17.4 Å². The molecule has 0 saturated heterocycles. The van der Waals surface area contributed by atoms with E-state index in [1.807, 2.05) is 39.0 Å². The van der Waals surface area contributed by atoms with E-state index in [0.717, 1.165) is 5.56 Å². The lowest BCUT2D eigenvalue weighted by atomic mass is 10.0. The lowest BCUT2D eigenvalue weighted by Crippen LogP contribution is -2.49. The second-order valence-corrected chi connectivity index (χ2v) is 6.97. The standard InChI is InChI=1S/C16H21ClN2O2/c1-15(2,3)19-14(21)16(8-9-16)13(20)18-10-11-6-4-5-7-12(11)17/h4-7H,8-10H2,1-3H3,(H,18,20)(H,19,21). The largest absolute Gasteiger partial charge is 0.351 e. The lowest BCUT2D eigenvalue weighted by Gasteiger charge is -2.24. The molecule has 1 fully saturated rings. The molecule has 2 rings (SSSR count). The van der Waals surface area contributed by atoms with Gasteiger partial charge in [-0.2, -0.15) is 0 Å². The molecule has 0 bridgehead atoms. The van der Waals surface area contributed by atoms with Crippen LogP contribution in [0.25, 0.3) is 0 Å². The minimum atomic E-state index is -0.894. The molecule has 114 valence electrons. The van der Waals surface area contributed by atoms with Crippen LogP contribution in [-0.4, -0.2) is 17.4 Å². The maximum Gasteiger partial charge on any atom is 0.236 e. The third-order valence-corrected chi connectivity index (χ3v) is 3.87. The number of benzene rings is 1. The molecule has 0 spiro atoms. The first kappa shape index (κ1) is 15.8. The van der Waals surface area contributed by atoms with Crippen molar-refractivity contribution in [2.75, 3.05) is 0 Å². The Morgan fingerprint density at radius 1 is 1.19 bits per heavy atom. The second-order valence-electron chi connectivity index (χ2n) is 6.56. The molecule has 0 aliphatic heterocycles. The maximum atomic E-state index is 12.3. The van der Waals surface area contributed by atoms with Crippen molar-refractivity contribution < 1.29 is 9.59 Å². The Labute approximate surface area is 130 Å². The van der Waals surface area contributed by atoms with Crippen LogP contribution in [0.1, 0.15) is 39.2 Å². The van der Waals surface area contributed by atoms with Gasteiger partial charge in [-0.1, -0.05) is 29.8 Å². The van der Waals surface area contributed by atoms with Gasteiger partial charge in [0.15, 0.2) is 0 Å². The van der Waals surface area contributed by atoms with E-state index in [2.05, 4.69) is 10.6 Å². The van der Waals surface area contributed by atoms with Gasteiger partial charge in [0.25, 0.3) is 0 Å². The predicted octanol–water partition coefficient (Wildman–Crippen LogP) is 2.65. The average molecular weight is 309 g/mol. The van der Waals surface area contributed by atoms with Gasteiger partial charge in [0.05, 0.1) is 0 Å². The highest BCUT2D eigenvalue weighted by Gasteiger charge is 2.56. The molecule has 0 unspecified atom stereocenters. The van der Waals surface area contributed by atoms with E-state index >= 15 is 0 Å². The summed E-state index contributed by atoms with van der Waals surface area (Å²) in [7, 11) is 0. The van der Waals surface area contributed by atoms with Gasteiger partial charge >= 0.3 is 0 Å². The van der Waals surface area contributed by atoms with Crippen molar-refractivity contribution in [1.82, 2.24) is 10.6 Å². The number of halogens is 1. The van der Waals surface area contributed by atoms with Crippen LogP contribution in [0.5, 0.6) is 0 Å². The highest BCUT2D eigenvalue weighted by molar-refractivity contribution is 6.31. The van der Waals surface area contributed by atoms with Gasteiger partial charge in [-0.25, -0.2) is 0 Å². The van der Waals surface area contributed by atoms with Crippen molar-refractivity contribution >= 4 is 23.4 Å². The molecule has 1 aliphatic rings. The quantitative estimate of drug-likeness (QED) is 0.840. The highest BCUT2D eigenvalue weighted by Crippen LogP contribution is 2.46. The van der Waals surface area contributed by atoms with Crippen LogP contribution in [-0.2, 0) is 16.1 Å². The molecule has 21 heavy (non-hydrogen) atoms. The summed E-state index contributed by atoms with van der Waals surface area (Å²) in [6.45, 7) is 6.05. The molecule has 2 N–H and O–H groups in total. The first-order valence-electron chi connectivity index (χ1n) is 7.09. The van der Waals surface area contributed by atoms with Crippen LogP contribution in [0.3, 0.4) is 0 Å². The summed E-state index contributed by atoms with van der Waals surface area (Å²) >= 11 is 6.06. The van der Waals surface area contributed by atoms with Crippen molar-refractivity contribution in [2.24, 2.45) is 5.41 Å². The van der Waals surface area contributed by atoms with Gasteiger partial charge < -0.3 is 10.6 Å². The Balaban J connectivity index is 1.97. The summed E-state index contributed by atoms with van der Waals surface area (Å²) in [5.74, 6) is -0.407. The van der Waals surface area contributed by atoms with Crippen molar-refractivity contribution in [3.63, 3.8) is 0 Å². The molecule has 1 aromatic rings. The zero-order valence-electron chi connectivity index (χ0n) is 12.6. The van der Waals surface area contributed by atoms with E-state index in [9.17, 15) is 9.59 Å². The van der Waals surface area contributed by atoms with Crippen LogP contribution < -0.4 is 10.6 Å². The molecule has 0 radical (unpaired) electrons. The van der Waals surface area contributed by atoms with Crippen LogP contribution in [0, 0.1) is 5.41 Å². The summed E-state index contributed by atoms with van der Waals surface area (Å²) < 4.78 is 0. The molecule has 1 saturated carbocycles. The summed E-state index contributed by atoms with van der Waals surface area (Å²) in [5, 5.41) is 6.32. The second kappa shape index (κ2) is 5.68. The maximum absolute atomic E-state index is 12.3. The monoisotopic (exact) mass is 308 g/mol. The number of carbonyl (C=O) groups is 2. The highest BCUT2D eigenvalue weighted by atomic mass is 35.5. The van der Waals surface area contributed by atoms with Gasteiger partial charge in [0, 0.05) is 17.1 Å². The number of hydrogen-bond acceptors (Lipinski definition) is 2. The van der Waals surface area contributed by atoms with Gasteiger partial charge in [-0.05, 0) is 45.2 Å². The Morgan fingerprint density at radius 2 is 1.81 bits per heavy atom. The fraction of sp³-hybridized carbons (Fsp3) is 0.500. The van der Waals surface area contributed by atoms with Crippen molar-refractivity contribution in [3.05, 3.63) is 34.9 Å². The molecule has 0 heterocycles. The van der Waals surface area contributed by atoms with Crippen LogP contribution in [0.15, 0.2) is 24.3 Å². The van der Waals surface area contributed by atoms with Crippen molar-refractivity contribution in [1.29, 1.82) is 0 Å². The van der Waals surface area contributed by atoms with Gasteiger partial charge in [-0.15, -0.1) is 0 Å². The fourth-order valence-corrected chi connectivity index (χ4v) is 2.33. The minimum absolute atomic E-state index is 0.188. The molecular formula is C16H21ClN2O2. The lowest BCUT2D eigenvalue weighted by molar-refractivity contribution is -0.138. The Morgan fingerprint density at radius 3 is 2.33 bits per heavy atom. The Kier molecular flexibility index (Phi) is 4.28. The average Bonchev–Trinajstić information content (AvgIpc) is 3.17. The zero-order valence-corrected chi connectivity index (χ0v) is 13.4. The first-order chi connectivity index (χ1) is 9.74. The Hall–Kier alpha value is -1.55. The topological polar surface area (TPSA) is 58.2 Å². The fourth-order valence-electron chi connectivity index (χ4n) is 2.13. The number of amides is 2. The summed E-state index contributed by atoms with van der Waals surface area (Å²) in [6.07, 6.45) is 1.20. The van der Waals surface area contributed by atoms with E-state index in [0.29, 0.717) is 24.4 Å². The van der Waals surface area contributed by atoms with Crippen LogP contribution >= 0.6 is 11.6 Å². The molecular weight excluding hydrogens is 288 g/mol. The third kappa shape index (κ3) is 3.76. The van der Waals surface area contributed by atoms with Gasteiger partial charge in [-0.3, -0.25) is 9.59 Å². The third-order valence-electron chi connectivity index (χ3n) is 3.51. The van der Waals surface area contributed by atoms with Crippen molar-refractivity contribution in [3.8, 4) is 0 Å². The van der Waals surface area contributed by atoms with Gasteiger partial charge in [0.2, 0.25) is 11.8 Å². The summed E-state index contributed by atoms with van der Waals surface area (Å²) in [5.41, 5.74) is -0.385. The predicted molar refractivity (Wildman–Crippen MR) is 82.9 cm³/mol. The normalized spacial score (nSPS) is 16.2. The Bertz CT molecular complexity index is 560. The summed E-state index contributed by atoms with van der Waals surface area (Å²) in [6, 6.07) is 7.35. The minimum Gasteiger partial charge on any atom is -0.351 e. The smallest absolute Gasteiger partial charge is 0.236 e. The van der Waals surface area contributed by atoms with Crippen molar-refractivity contribution in [2.45, 2.75) is 45.7 Å². The molecule has 2 amide bonds. The van der Waals surface area contributed by atoms with E-state index in [1.54, 1.807) is 6.07 Å². The number of hydrogen-bond donors (Lipinski definition) is 2. The number of rotatable bonds is 4. The summed E-state index contributed by atoms with van der Waals surface area (Å²) in [4.78, 5) is 24.6. The molecule has 1 aromatic carbocycles. The molecule has 1 aliphatic carbocycles. The van der Waals surface area contributed by atoms with E-state index in [1.165, 1.54) is 0 Å². The first-order valence-corrected chi connectivity index (χ1v) is 7.47. The van der Waals surface area contributed by atoms with E-state index < -0.39 is 5.41 Å². The SMILES string of the molecule is CC(C)(C)NC(=O)C1(C(=O)NCc2ccccc2Cl)CC1. The van der Waals surface area contributed by atoms with Crippen LogP contribution in [0.2, 0.25) is 5.02 Å². The molecule has 5 heteroatoms.